The van der Waals surface area contributed by atoms with Crippen LogP contribution in [0.1, 0.15) is 11.4 Å². The summed E-state index contributed by atoms with van der Waals surface area (Å²) < 4.78 is 8.63. The van der Waals surface area contributed by atoms with Crippen LogP contribution in [-0.2, 0) is 6.42 Å². The van der Waals surface area contributed by atoms with E-state index >= 15 is 0 Å². The second-order valence-electron chi connectivity index (χ2n) is 4.52. The monoisotopic (exact) mass is 331 g/mol. The van der Waals surface area contributed by atoms with Gasteiger partial charge in [-0.3, -0.25) is 4.40 Å². The van der Waals surface area contributed by atoms with Gasteiger partial charge in [-0.15, -0.1) is 0 Å². The minimum Gasteiger partial charge on any atom is -0.493 e. The SMILES string of the molecule is Cc1ccccc1OCCc1nc(Br)c2ccncn12. The Bertz CT molecular complexity index is 739. The van der Waals surface area contributed by atoms with E-state index in [1.807, 2.05) is 41.7 Å². The van der Waals surface area contributed by atoms with E-state index in [2.05, 4.69) is 25.9 Å². The van der Waals surface area contributed by atoms with E-state index in [0.29, 0.717) is 6.61 Å². The van der Waals surface area contributed by atoms with Crippen LogP contribution in [0.4, 0.5) is 0 Å². The summed E-state index contributed by atoms with van der Waals surface area (Å²) >= 11 is 3.47. The van der Waals surface area contributed by atoms with Crippen LogP contribution in [-0.4, -0.2) is 21.0 Å². The number of ether oxygens (including phenoxy) is 1. The molecule has 4 nitrogen and oxygen atoms in total. The van der Waals surface area contributed by atoms with Crippen LogP contribution in [0, 0.1) is 6.92 Å². The molecule has 3 aromatic rings. The average molecular weight is 332 g/mol. The molecule has 2 aromatic heterocycles. The van der Waals surface area contributed by atoms with Crippen molar-refractivity contribution >= 4 is 21.4 Å². The molecule has 0 unspecified atom stereocenters. The molecule has 0 aliphatic heterocycles. The normalized spacial score (nSPS) is 10.9. The maximum absolute atomic E-state index is 5.81. The number of hydrogen-bond acceptors (Lipinski definition) is 3. The van der Waals surface area contributed by atoms with Gasteiger partial charge in [0.25, 0.3) is 0 Å². The molecule has 0 fully saturated rings. The number of nitrogens with zero attached hydrogens (tertiary/aromatic N) is 3. The highest BCUT2D eigenvalue weighted by atomic mass is 79.9. The van der Waals surface area contributed by atoms with Gasteiger partial charge in [0.2, 0.25) is 0 Å². The molecule has 0 radical (unpaired) electrons. The minimum atomic E-state index is 0.589. The Morgan fingerprint density at radius 2 is 2.10 bits per heavy atom. The molecule has 3 rings (SSSR count). The maximum Gasteiger partial charge on any atom is 0.132 e. The van der Waals surface area contributed by atoms with Crippen molar-refractivity contribution in [3.63, 3.8) is 0 Å². The number of imidazole rings is 1. The molecule has 0 aliphatic carbocycles. The van der Waals surface area contributed by atoms with Gasteiger partial charge in [-0.1, -0.05) is 18.2 Å². The zero-order valence-corrected chi connectivity index (χ0v) is 12.7. The van der Waals surface area contributed by atoms with Gasteiger partial charge >= 0.3 is 0 Å². The van der Waals surface area contributed by atoms with Crippen LogP contribution >= 0.6 is 15.9 Å². The highest BCUT2D eigenvalue weighted by Gasteiger charge is 2.08. The smallest absolute Gasteiger partial charge is 0.132 e. The van der Waals surface area contributed by atoms with Crippen LogP contribution in [0.5, 0.6) is 5.75 Å². The Morgan fingerprint density at radius 3 is 2.95 bits per heavy atom. The van der Waals surface area contributed by atoms with Gasteiger partial charge in [-0.05, 0) is 40.5 Å². The Labute approximate surface area is 125 Å². The third kappa shape index (κ3) is 2.54. The summed E-state index contributed by atoms with van der Waals surface area (Å²) in [5, 5.41) is 0. The topological polar surface area (TPSA) is 39.4 Å². The Kier molecular flexibility index (Phi) is 3.69. The van der Waals surface area contributed by atoms with Gasteiger partial charge in [0, 0.05) is 12.6 Å². The van der Waals surface area contributed by atoms with Crippen LogP contribution in [0.2, 0.25) is 0 Å². The van der Waals surface area contributed by atoms with Crippen molar-refractivity contribution in [2.45, 2.75) is 13.3 Å². The first-order chi connectivity index (χ1) is 9.75. The quantitative estimate of drug-likeness (QED) is 0.735. The number of para-hydroxylation sites is 1. The highest BCUT2D eigenvalue weighted by molar-refractivity contribution is 9.10. The standard InChI is InChI=1S/C15H14BrN3O/c1-11-4-2-3-5-13(11)20-9-7-14-18-15(16)12-6-8-17-10-19(12)14/h2-6,8,10H,7,9H2,1H3. The molecular formula is C15H14BrN3O. The van der Waals surface area contributed by atoms with Crippen LogP contribution in [0.3, 0.4) is 0 Å². The van der Waals surface area contributed by atoms with Crippen LogP contribution in [0.25, 0.3) is 5.52 Å². The van der Waals surface area contributed by atoms with E-state index in [-0.39, 0.29) is 0 Å². The van der Waals surface area contributed by atoms with Crippen LogP contribution in [0.15, 0.2) is 47.5 Å². The number of aryl methyl sites for hydroxylation is 1. The third-order valence-electron chi connectivity index (χ3n) is 3.15. The number of halogens is 1. The van der Waals surface area contributed by atoms with Crippen molar-refractivity contribution in [2.24, 2.45) is 0 Å². The number of fused-ring (bicyclic) bond motifs is 1. The van der Waals surface area contributed by atoms with E-state index in [4.69, 9.17) is 4.74 Å². The van der Waals surface area contributed by atoms with E-state index < -0.39 is 0 Å². The molecule has 0 spiro atoms. The van der Waals surface area contributed by atoms with Gasteiger partial charge in [-0.25, -0.2) is 9.97 Å². The predicted molar refractivity (Wildman–Crippen MR) is 81.1 cm³/mol. The first-order valence-electron chi connectivity index (χ1n) is 6.40. The minimum absolute atomic E-state index is 0.589. The lowest BCUT2D eigenvalue weighted by Crippen LogP contribution is -2.05. The van der Waals surface area contributed by atoms with Gasteiger partial charge in [0.05, 0.1) is 12.1 Å². The van der Waals surface area contributed by atoms with Crippen molar-refractivity contribution in [1.82, 2.24) is 14.4 Å². The lowest BCUT2D eigenvalue weighted by Gasteiger charge is -2.08. The summed E-state index contributed by atoms with van der Waals surface area (Å²) in [5.74, 6) is 1.86. The molecule has 0 amide bonds. The molecule has 1 aromatic carbocycles. The summed E-state index contributed by atoms with van der Waals surface area (Å²) in [6, 6.07) is 9.95. The third-order valence-corrected chi connectivity index (χ3v) is 3.74. The molecule has 0 saturated carbocycles. The van der Waals surface area contributed by atoms with Crippen molar-refractivity contribution < 1.29 is 4.74 Å². The molecular weight excluding hydrogens is 318 g/mol. The molecule has 0 saturated heterocycles. The zero-order valence-electron chi connectivity index (χ0n) is 11.1. The van der Waals surface area contributed by atoms with Crippen molar-refractivity contribution in [2.75, 3.05) is 6.61 Å². The van der Waals surface area contributed by atoms with E-state index in [9.17, 15) is 0 Å². The fourth-order valence-corrected chi connectivity index (χ4v) is 2.63. The molecule has 0 bridgehead atoms. The lowest BCUT2D eigenvalue weighted by molar-refractivity contribution is 0.316. The van der Waals surface area contributed by atoms with Gasteiger partial charge in [0.1, 0.15) is 22.5 Å². The predicted octanol–water partition coefficient (Wildman–Crippen LogP) is 3.42. The van der Waals surface area contributed by atoms with E-state index in [1.165, 1.54) is 0 Å². The molecule has 102 valence electrons. The van der Waals surface area contributed by atoms with E-state index in [1.54, 1.807) is 12.5 Å². The molecule has 0 aliphatic rings. The second kappa shape index (κ2) is 5.63. The van der Waals surface area contributed by atoms with Crippen molar-refractivity contribution in [3.05, 3.63) is 58.8 Å². The summed E-state index contributed by atoms with van der Waals surface area (Å²) in [6.45, 7) is 2.63. The summed E-state index contributed by atoms with van der Waals surface area (Å²) in [7, 11) is 0. The highest BCUT2D eigenvalue weighted by Crippen LogP contribution is 2.19. The molecule has 5 heteroatoms. The molecule has 20 heavy (non-hydrogen) atoms. The van der Waals surface area contributed by atoms with Gasteiger partial charge < -0.3 is 4.74 Å². The molecule has 0 atom stereocenters. The van der Waals surface area contributed by atoms with Crippen LogP contribution < -0.4 is 4.74 Å². The number of aromatic nitrogens is 3. The fraction of sp³-hybridized carbons (Fsp3) is 0.200. The summed E-state index contributed by atoms with van der Waals surface area (Å²) in [5.41, 5.74) is 2.16. The first-order valence-corrected chi connectivity index (χ1v) is 7.20. The Morgan fingerprint density at radius 1 is 1.25 bits per heavy atom. The number of benzene rings is 1. The van der Waals surface area contributed by atoms with Gasteiger partial charge in [0.15, 0.2) is 0 Å². The number of rotatable bonds is 4. The van der Waals surface area contributed by atoms with E-state index in [0.717, 1.165) is 33.7 Å². The Hall–Kier alpha value is -1.88. The largest absolute Gasteiger partial charge is 0.493 e. The second-order valence-corrected chi connectivity index (χ2v) is 5.27. The van der Waals surface area contributed by atoms with Crippen molar-refractivity contribution in [3.8, 4) is 5.75 Å². The molecule has 2 heterocycles. The maximum atomic E-state index is 5.81. The Balaban J connectivity index is 1.73. The summed E-state index contributed by atoms with van der Waals surface area (Å²) in [4.78, 5) is 8.63. The average Bonchev–Trinajstić information content (AvgIpc) is 2.78. The lowest BCUT2D eigenvalue weighted by atomic mass is 10.2. The zero-order chi connectivity index (χ0) is 13.9. The number of hydrogen-bond donors (Lipinski definition) is 0. The van der Waals surface area contributed by atoms with Crippen molar-refractivity contribution in [1.29, 1.82) is 0 Å². The first kappa shape index (κ1) is 13.1. The molecule has 0 N–H and O–H groups in total. The fourth-order valence-electron chi connectivity index (χ4n) is 2.11. The summed E-state index contributed by atoms with van der Waals surface area (Å²) in [6.07, 6.45) is 4.26. The van der Waals surface area contributed by atoms with Gasteiger partial charge in [-0.2, -0.15) is 0 Å².